The van der Waals surface area contributed by atoms with Gasteiger partial charge < -0.3 is 0 Å². The van der Waals surface area contributed by atoms with E-state index in [0.717, 1.165) is 14.9 Å². The molecule has 9 heteroatoms. The van der Waals surface area contributed by atoms with E-state index >= 15 is 0 Å². The number of amides is 1. The molecule has 0 aliphatic heterocycles. The van der Waals surface area contributed by atoms with E-state index < -0.39 is 15.9 Å². The zero-order chi connectivity index (χ0) is 17.4. The minimum Gasteiger partial charge on any atom is -0.298 e. The van der Waals surface area contributed by atoms with E-state index in [9.17, 15) is 13.2 Å². The van der Waals surface area contributed by atoms with Crippen LogP contribution >= 0.6 is 27.3 Å². The molecule has 6 nitrogen and oxygen atoms in total. The average molecular weight is 418 g/mol. The Kier molecular flexibility index (Phi) is 5.24. The van der Waals surface area contributed by atoms with E-state index in [1.54, 1.807) is 12.1 Å². The highest BCUT2D eigenvalue weighted by Gasteiger charge is 2.22. The Balaban J connectivity index is 2.35. The molecule has 0 saturated carbocycles. The maximum Gasteiger partial charge on any atom is 0.257 e. The maximum absolute atomic E-state index is 12.3. The number of carbonyl (C=O) groups excluding carboxylic acids is 1. The summed E-state index contributed by atoms with van der Waals surface area (Å²) < 4.78 is 26.1. The summed E-state index contributed by atoms with van der Waals surface area (Å²) in [6.45, 7) is 3.78. The van der Waals surface area contributed by atoms with E-state index in [2.05, 4.69) is 26.2 Å². The molecule has 0 atom stereocenters. The normalized spacial score (nSPS) is 11.7. The third kappa shape index (κ3) is 3.79. The van der Waals surface area contributed by atoms with Crippen molar-refractivity contribution in [2.45, 2.75) is 18.7 Å². The molecule has 1 aromatic heterocycles. The van der Waals surface area contributed by atoms with Crippen molar-refractivity contribution in [3.63, 3.8) is 0 Å². The summed E-state index contributed by atoms with van der Waals surface area (Å²) in [6.07, 6.45) is 0. The molecular weight excluding hydrogens is 402 g/mol. The van der Waals surface area contributed by atoms with Gasteiger partial charge in [0.1, 0.15) is 0 Å². The molecule has 0 spiro atoms. The summed E-state index contributed by atoms with van der Waals surface area (Å²) in [5.74, 6) is -0.401. The number of halogens is 1. The van der Waals surface area contributed by atoms with Crippen molar-refractivity contribution in [3.8, 4) is 0 Å². The standard InChI is InChI=1S/C14H16BrN3O3S2/c1-8-9(2)22-14(16-8)17-13(19)10-5-6-11(15)12(7-10)23(20,21)18(3)4/h5-7H,1-4H3,(H,16,17,19). The van der Waals surface area contributed by atoms with E-state index in [4.69, 9.17) is 0 Å². The van der Waals surface area contributed by atoms with Crippen LogP contribution in [0.1, 0.15) is 20.9 Å². The Bertz CT molecular complexity index is 841. The number of carbonyl (C=O) groups is 1. The Morgan fingerprint density at radius 2 is 1.96 bits per heavy atom. The number of benzene rings is 1. The highest BCUT2D eigenvalue weighted by atomic mass is 79.9. The maximum atomic E-state index is 12.3. The first-order valence-electron chi connectivity index (χ1n) is 6.60. The highest BCUT2D eigenvalue weighted by molar-refractivity contribution is 9.10. The fourth-order valence-corrected chi connectivity index (χ4v) is 4.39. The van der Waals surface area contributed by atoms with Crippen molar-refractivity contribution >= 4 is 48.3 Å². The van der Waals surface area contributed by atoms with Crippen LogP contribution in [-0.2, 0) is 10.0 Å². The van der Waals surface area contributed by atoms with Gasteiger partial charge in [0.05, 0.1) is 10.6 Å². The summed E-state index contributed by atoms with van der Waals surface area (Å²) in [7, 11) is -0.765. The van der Waals surface area contributed by atoms with E-state index in [-0.39, 0.29) is 10.5 Å². The molecule has 2 aromatic rings. The van der Waals surface area contributed by atoms with Crippen LogP contribution in [0.3, 0.4) is 0 Å². The van der Waals surface area contributed by atoms with Crippen LogP contribution in [0, 0.1) is 13.8 Å². The Labute approximate surface area is 147 Å². The largest absolute Gasteiger partial charge is 0.298 e. The fraction of sp³-hybridized carbons (Fsp3) is 0.286. The number of hydrogen-bond donors (Lipinski definition) is 1. The molecule has 1 heterocycles. The molecule has 1 amide bonds. The van der Waals surface area contributed by atoms with Crippen molar-refractivity contribution < 1.29 is 13.2 Å². The molecule has 124 valence electrons. The highest BCUT2D eigenvalue weighted by Crippen LogP contribution is 2.26. The number of aryl methyl sites for hydroxylation is 2. The molecule has 0 unspecified atom stereocenters. The van der Waals surface area contributed by atoms with Gasteiger partial charge in [0.2, 0.25) is 10.0 Å². The quantitative estimate of drug-likeness (QED) is 0.828. The van der Waals surface area contributed by atoms with Gasteiger partial charge in [0.25, 0.3) is 5.91 Å². The van der Waals surface area contributed by atoms with Crippen molar-refractivity contribution in [2.24, 2.45) is 0 Å². The van der Waals surface area contributed by atoms with E-state index in [0.29, 0.717) is 9.60 Å². The third-order valence-corrected chi connectivity index (χ3v) is 7.00. The molecule has 1 aromatic carbocycles. The number of rotatable bonds is 4. The number of nitrogens with zero attached hydrogens (tertiary/aromatic N) is 2. The van der Waals surface area contributed by atoms with Crippen LogP contribution in [0.2, 0.25) is 0 Å². The van der Waals surface area contributed by atoms with Gasteiger partial charge in [0.15, 0.2) is 5.13 Å². The number of anilines is 1. The molecule has 0 aliphatic carbocycles. The minimum atomic E-state index is -3.65. The topological polar surface area (TPSA) is 79.4 Å². The first-order valence-corrected chi connectivity index (χ1v) is 9.65. The summed E-state index contributed by atoms with van der Waals surface area (Å²) in [5, 5.41) is 3.18. The Hall–Kier alpha value is -1.29. The average Bonchev–Trinajstić information content (AvgIpc) is 2.77. The van der Waals surface area contributed by atoms with Gasteiger partial charge in [-0.3, -0.25) is 10.1 Å². The summed E-state index contributed by atoms with van der Waals surface area (Å²) in [4.78, 5) is 17.6. The molecule has 1 N–H and O–H groups in total. The van der Waals surface area contributed by atoms with Gasteiger partial charge in [-0.25, -0.2) is 17.7 Å². The number of hydrogen-bond acceptors (Lipinski definition) is 5. The zero-order valence-corrected chi connectivity index (χ0v) is 16.3. The van der Waals surface area contributed by atoms with Crippen LogP contribution in [0.15, 0.2) is 27.6 Å². The fourth-order valence-electron chi connectivity index (χ4n) is 1.73. The minimum absolute atomic E-state index is 0.0432. The lowest BCUT2D eigenvalue weighted by Crippen LogP contribution is -2.23. The van der Waals surface area contributed by atoms with Crippen LogP contribution in [0.5, 0.6) is 0 Å². The van der Waals surface area contributed by atoms with Crippen molar-refractivity contribution in [1.82, 2.24) is 9.29 Å². The second-order valence-electron chi connectivity index (χ2n) is 5.05. The van der Waals surface area contributed by atoms with Crippen LogP contribution in [0.4, 0.5) is 5.13 Å². The molecule has 0 fully saturated rings. The summed E-state index contributed by atoms with van der Waals surface area (Å²) in [6, 6.07) is 4.45. The molecule has 2 rings (SSSR count). The van der Waals surface area contributed by atoms with Crippen molar-refractivity contribution in [2.75, 3.05) is 19.4 Å². The smallest absolute Gasteiger partial charge is 0.257 e. The third-order valence-electron chi connectivity index (χ3n) is 3.20. The Morgan fingerprint density at radius 1 is 1.30 bits per heavy atom. The zero-order valence-electron chi connectivity index (χ0n) is 13.0. The first-order chi connectivity index (χ1) is 10.6. The lowest BCUT2D eigenvalue weighted by molar-refractivity contribution is 0.102. The van der Waals surface area contributed by atoms with Gasteiger partial charge in [-0.2, -0.15) is 0 Å². The SMILES string of the molecule is Cc1nc(NC(=O)c2ccc(Br)c(S(=O)(=O)N(C)C)c2)sc1C. The number of thiazole rings is 1. The number of nitrogens with one attached hydrogen (secondary N) is 1. The van der Waals surface area contributed by atoms with Gasteiger partial charge in [-0.1, -0.05) is 0 Å². The molecule has 23 heavy (non-hydrogen) atoms. The van der Waals surface area contributed by atoms with Gasteiger partial charge in [0, 0.05) is 29.0 Å². The van der Waals surface area contributed by atoms with Crippen LogP contribution < -0.4 is 5.32 Å². The monoisotopic (exact) mass is 417 g/mol. The van der Waals surface area contributed by atoms with Crippen LogP contribution in [-0.4, -0.2) is 37.7 Å². The number of aromatic nitrogens is 1. The second kappa shape index (κ2) is 6.68. The molecule has 0 saturated heterocycles. The summed E-state index contributed by atoms with van der Waals surface area (Å²) >= 11 is 4.59. The first kappa shape index (κ1) is 18.1. The van der Waals surface area contributed by atoms with Crippen LogP contribution in [0.25, 0.3) is 0 Å². The lowest BCUT2D eigenvalue weighted by atomic mass is 10.2. The molecular formula is C14H16BrN3O3S2. The van der Waals surface area contributed by atoms with Gasteiger partial charge >= 0.3 is 0 Å². The number of sulfonamides is 1. The van der Waals surface area contributed by atoms with Gasteiger partial charge in [-0.15, -0.1) is 11.3 Å². The second-order valence-corrected chi connectivity index (χ2v) is 9.23. The lowest BCUT2D eigenvalue weighted by Gasteiger charge is -2.13. The summed E-state index contributed by atoms with van der Waals surface area (Å²) in [5.41, 5.74) is 1.11. The molecule has 0 bridgehead atoms. The van der Waals surface area contributed by atoms with Crippen molar-refractivity contribution in [1.29, 1.82) is 0 Å². The Morgan fingerprint density at radius 3 is 2.48 bits per heavy atom. The molecule has 0 radical (unpaired) electrons. The van der Waals surface area contributed by atoms with Gasteiger partial charge in [-0.05, 0) is 48.0 Å². The van der Waals surface area contributed by atoms with E-state index in [1.165, 1.54) is 31.5 Å². The predicted molar refractivity (Wildman–Crippen MR) is 94.6 cm³/mol. The van der Waals surface area contributed by atoms with E-state index in [1.807, 2.05) is 13.8 Å². The predicted octanol–water partition coefficient (Wildman–Crippen LogP) is 3.03. The van der Waals surface area contributed by atoms with Crippen molar-refractivity contribution in [3.05, 3.63) is 38.8 Å². The molecule has 0 aliphatic rings.